The Bertz CT molecular complexity index is 206. The van der Waals surface area contributed by atoms with Crippen LogP contribution in [0, 0.1) is 6.42 Å². The van der Waals surface area contributed by atoms with Gasteiger partial charge in [0, 0.05) is 5.02 Å². The van der Waals surface area contributed by atoms with Gasteiger partial charge >= 0.3 is 18.9 Å². The molecule has 0 atom stereocenters. The molecule has 1 aromatic carbocycles. The third kappa shape index (κ3) is 4.12. The Hall–Kier alpha value is -0.0226. The second kappa shape index (κ2) is 6.49. The SMILES string of the molecule is CCC[CH-]c1ccc(Cl)cc1.[Li+]. The Morgan fingerprint density at radius 1 is 1.25 bits per heavy atom. The number of unbranched alkanes of at least 4 members (excludes halogenated alkanes) is 1. The summed E-state index contributed by atoms with van der Waals surface area (Å²) in [6, 6.07) is 7.92. The quantitative estimate of drug-likeness (QED) is 0.468. The van der Waals surface area contributed by atoms with Crippen LogP contribution in [0.1, 0.15) is 25.3 Å². The zero-order valence-electron chi connectivity index (χ0n) is 7.68. The topological polar surface area (TPSA) is 0 Å². The van der Waals surface area contributed by atoms with Crippen LogP contribution in [0.5, 0.6) is 0 Å². The summed E-state index contributed by atoms with van der Waals surface area (Å²) >= 11 is 5.73. The smallest absolute Gasteiger partial charge is 0.192 e. The Kier molecular flexibility index (Phi) is 6.48. The molecule has 0 fully saturated rings. The molecule has 60 valence electrons. The largest absolute Gasteiger partial charge is 1.00 e. The first-order valence-corrected chi connectivity index (χ1v) is 4.29. The minimum absolute atomic E-state index is 0. The number of rotatable bonds is 3. The molecule has 0 aliphatic carbocycles. The molecule has 0 amide bonds. The average molecular weight is 175 g/mol. The normalized spacial score (nSPS) is 8.83. The molecule has 0 N–H and O–H groups in total. The Morgan fingerprint density at radius 3 is 2.33 bits per heavy atom. The Labute approximate surface area is 91.5 Å². The maximum atomic E-state index is 5.73. The first-order chi connectivity index (χ1) is 5.33. The van der Waals surface area contributed by atoms with Gasteiger partial charge < -0.3 is 0 Å². The average Bonchev–Trinajstić information content (AvgIpc) is 2.04. The molecule has 0 spiro atoms. The van der Waals surface area contributed by atoms with Crippen LogP contribution in [0.25, 0.3) is 0 Å². The van der Waals surface area contributed by atoms with Gasteiger partial charge in [-0.05, 0) is 0 Å². The van der Waals surface area contributed by atoms with Crippen LogP contribution < -0.4 is 18.9 Å². The molecule has 0 aliphatic heterocycles. The van der Waals surface area contributed by atoms with Crippen molar-refractivity contribution < 1.29 is 18.9 Å². The third-order valence-electron chi connectivity index (χ3n) is 1.54. The molecule has 0 saturated heterocycles. The van der Waals surface area contributed by atoms with E-state index in [2.05, 4.69) is 13.3 Å². The van der Waals surface area contributed by atoms with Crippen LogP contribution >= 0.6 is 11.6 Å². The van der Waals surface area contributed by atoms with Crippen molar-refractivity contribution in [2.45, 2.75) is 19.8 Å². The molecule has 1 rings (SSSR count). The number of hydrogen-bond acceptors (Lipinski definition) is 0. The summed E-state index contributed by atoms with van der Waals surface area (Å²) in [6.45, 7) is 2.17. The Morgan fingerprint density at radius 2 is 1.83 bits per heavy atom. The van der Waals surface area contributed by atoms with Gasteiger partial charge in [-0.3, -0.25) is 0 Å². The summed E-state index contributed by atoms with van der Waals surface area (Å²) in [6.07, 6.45) is 4.56. The summed E-state index contributed by atoms with van der Waals surface area (Å²) in [4.78, 5) is 0. The van der Waals surface area contributed by atoms with Crippen LogP contribution in [0.4, 0.5) is 0 Å². The molecule has 12 heavy (non-hydrogen) atoms. The molecule has 0 radical (unpaired) electrons. The third-order valence-corrected chi connectivity index (χ3v) is 1.79. The van der Waals surface area contributed by atoms with E-state index >= 15 is 0 Å². The minimum atomic E-state index is 0. The maximum Gasteiger partial charge on any atom is 1.00 e. The van der Waals surface area contributed by atoms with E-state index in [0.717, 1.165) is 11.4 Å². The molecule has 0 nitrogen and oxygen atoms in total. The van der Waals surface area contributed by atoms with Crippen molar-refractivity contribution in [1.82, 2.24) is 0 Å². The van der Waals surface area contributed by atoms with Crippen LogP contribution in [0.15, 0.2) is 24.3 Å². The molecule has 0 saturated carbocycles. The summed E-state index contributed by atoms with van der Waals surface area (Å²) in [7, 11) is 0. The van der Waals surface area contributed by atoms with Crippen molar-refractivity contribution >= 4 is 11.6 Å². The van der Waals surface area contributed by atoms with Crippen molar-refractivity contribution in [2.24, 2.45) is 0 Å². The molecule has 0 aromatic heterocycles. The van der Waals surface area contributed by atoms with Crippen LogP contribution in [-0.2, 0) is 0 Å². The minimum Gasteiger partial charge on any atom is -0.192 e. The fourth-order valence-corrected chi connectivity index (χ4v) is 1.04. The van der Waals surface area contributed by atoms with E-state index in [-0.39, 0.29) is 18.9 Å². The van der Waals surface area contributed by atoms with Gasteiger partial charge in [-0.25, -0.2) is 0 Å². The van der Waals surface area contributed by atoms with Crippen molar-refractivity contribution in [2.75, 3.05) is 0 Å². The van der Waals surface area contributed by atoms with Gasteiger partial charge in [-0.15, -0.1) is 0 Å². The van der Waals surface area contributed by atoms with Crippen molar-refractivity contribution in [3.8, 4) is 0 Å². The molecule has 0 bridgehead atoms. The van der Waals surface area contributed by atoms with E-state index in [4.69, 9.17) is 11.6 Å². The maximum absolute atomic E-state index is 5.73. The zero-order valence-corrected chi connectivity index (χ0v) is 8.43. The van der Waals surface area contributed by atoms with Crippen molar-refractivity contribution in [1.29, 1.82) is 0 Å². The van der Waals surface area contributed by atoms with Crippen molar-refractivity contribution in [3.63, 3.8) is 0 Å². The van der Waals surface area contributed by atoms with Crippen molar-refractivity contribution in [3.05, 3.63) is 41.3 Å². The molecule has 1 aromatic rings. The van der Waals surface area contributed by atoms with Crippen LogP contribution in [-0.4, -0.2) is 0 Å². The van der Waals surface area contributed by atoms with E-state index in [1.807, 2.05) is 24.3 Å². The van der Waals surface area contributed by atoms with Gasteiger partial charge in [0.25, 0.3) is 0 Å². The zero-order chi connectivity index (χ0) is 8.10. The fourth-order valence-electron chi connectivity index (χ4n) is 0.910. The molecule has 2 heteroatoms. The molecular formula is C10H12ClLi. The van der Waals surface area contributed by atoms with E-state index in [1.54, 1.807) is 0 Å². The first kappa shape index (κ1) is 12.0. The second-order valence-corrected chi connectivity index (χ2v) is 2.98. The number of hydrogen-bond donors (Lipinski definition) is 0. The first-order valence-electron chi connectivity index (χ1n) is 3.91. The second-order valence-electron chi connectivity index (χ2n) is 2.54. The van der Waals surface area contributed by atoms with Gasteiger partial charge in [0.1, 0.15) is 0 Å². The van der Waals surface area contributed by atoms with Gasteiger partial charge in [0.2, 0.25) is 0 Å². The van der Waals surface area contributed by atoms with E-state index < -0.39 is 0 Å². The van der Waals surface area contributed by atoms with Crippen LogP contribution in [0.2, 0.25) is 5.02 Å². The number of halogens is 1. The van der Waals surface area contributed by atoms with E-state index in [0.29, 0.717) is 0 Å². The Balaban J connectivity index is 0.00000121. The number of benzene rings is 1. The van der Waals surface area contributed by atoms with Gasteiger partial charge in [-0.2, -0.15) is 24.1 Å². The fraction of sp³-hybridized carbons (Fsp3) is 0.300. The molecule has 0 unspecified atom stereocenters. The van der Waals surface area contributed by atoms with Gasteiger partial charge in [0.15, 0.2) is 0 Å². The van der Waals surface area contributed by atoms with E-state index in [1.165, 1.54) is 12.0 Å². The van der Waals surface area contributed by atoms with E-state index in [9.17, 15) is 0 Å². The summed E-state index contributed by atoms with van der Waals surface area (Å²) < 4.78 is 0. The van der Waals surface area contributed by atoms with Gasteiger partial charge in [0.05, 0.1) is 0 Å². The summed E-state index contributed by atoms with van der Waals surface area (Å²) in [5, 5.41) is 0.804. The predicted octanol–water partition coefficient (Wildman–Crippen LogP) is 0.696. The standard InChI is InChI=1S/C10H12Cl.Li/c1-2-3-4-9-5-7-10(11)8-6-9;/h4-8H,2-3H2,1H3;/q-1;+1. The predicted molar refractivity (Wildman–Crippen MR) is 49.8 cm³/mol. The van der Waals surface area contributed by atoms with Gasteiger partial charge in [-0.1, -0.05) is 43.5 Å². The monoisotopic (exact) mass is 174 g/mol. The molecule has 0 aliphatic rings. The summed E-state index contributed by atoms with van der Waals surface area (Å²) in [5.41, 5.74) is 1.26. The summed E-state index contributed by atoms with van der Waals surface area (Å²) in [5.74, 6) is 0. The molecule has 0 heterocycles. The van der Waals surface area contributed by atoms with Crippen LogP contribution in [0.3, 0.4) is 0 Å². The molecular weight excluding hydrogens is 163 g/mol.